The molecule has 0 aromatic heterocycles. The van der Waals surface area contributed by atoms with Crippen LogP contribution in [0.5, 0.6) is 0 Å². The van der Waals surface area contributed by atoms with Gasteiger partial charge in [0.05, 0.1) is 6.17 Å². The number of likely N-dealkylation sites (tertiary alicyclic amines) is 1. The van der Waals surface area contributed by atoms with E-state index in [1.165, 1.54) is 19.3 Å². The van der Waals surface area contributed by atoms with Gasteiger partial charge in [0.15, 0.2) is 0 Å². The second-order valence-electron chi connectivity index (χ2n) is 3.32. The van der Waals surface area contributed by atoms with Gasteiger partial charge in [-0.05, 0) is 19.9 Å². The van der Waals surface area contributed by atoms with E-state index in [2.05, 4.69) is 11.9 Å². The molecule has 2 nitrogen and oxygen atoms in total. The first kappa shape index (κ1) is 5.69. The molecule has 2 rings (SSSR count). The summed E-state index contributed by atoms with van der Waals surface area (Å²) in [5.74, 6) is 0.843. The summed E-state index contributed by atoms with van der Waals surface area (Å²) in [6.07, 6.45) is 4.54. The molecular weight excluding hydrogens is 112 g/mol. The molecule has 3 atom stereocenters. The molecule has 1 saturated carbocycles. The molecule has 52 valence electrons. The molecule has 0 bridgehead atoms. The normalized spacial score (nSPS) is 50.7. The second-order valence-corrected chi connectivity index (χ2v) is 3.32. The van der Waals surface area contributed by atoms with Crippen molar-refractivity contribution in [3.8, 4) is 0 Å². The van der Waals surface area contributed by atoms with Crippen molar-refractivity contribution in [2.45, 2.75) is 31.5 Å². The Labute approximate surface area is 56.0 Å². The van der Waals surface area contributed by atoms with E-state index in [0.717, 1.165) is 12.0 Å². The van der Waals surface area contributed by atoms with Crippen molar-refractivity contribution >= 4 is 0 Å². The van der Waals surface area contributed by atoms with Gasteiger partial charge < -0.3 is 5.73 Å². The van der Waals surface area contributed by atoms with Crippen LogP contribution in [-0.2, 0) is 0 Å². The third-order valence-electron chi connectivity index (χ3n) is 2.96. The largest absolute Gasteiger partial charge is 0.315 e. The van der Waals surface area contributed by atoms with E-state index in [4.69, 9.17) is 5.73 Å². The van der Waals surface area contributed by atoms with Crippen LogP contribution in [0.15, 0.2) is 0 Å². The SMILES string of the molecule is CN1C(N)C2CCCC21. The fourth-order valence-electron chi connectivity index (χ4n) is 2.29. The van der Waals surface area contributed by atoms with E-state index in [1.54, 1.807) is 0 Å². The zero-order valence-corrected chi connectivity index (χ0v) is 5.88. The van der Waals surface area contributed by atoms with Gasteiger partial charge >= 0.3 is 0 Å². The Hall–Kier alpha value is -0.0800. The van der Waals surface area contributed by atoms with Crippen molar-refractivity contribution in [3.05, 3.63) is 0 Å². The molecule has 3 unspecified atom stereocenters. The van der Waals surface area contributed by atoms with Gasteiger partial charge in [0.2, 0.25) is 0 Å². The molecule has 1 aliphatic carbocycles. The highest BCUT2D eigenvalue weighted by Gasteiger charge is 2.46. The predicted octanol–water partition coefficient (Wildman–Crippen LogP) is 0.385. The summed E-state index contributed by atoms with van der Waals surface area (Å²) in [4.78, 5) is 2.30. The van der Waals surface area contributed by atoms with Gasteiger partial charge in [0, 0.05) is 12.0 Å². The lowest BCUT2D eigenvalue weighted by Crippen LogP contribution is -2.63. The van der Waals surface area contributed by atoms with E-state index in [0.29, 0.717) is 6.17 Å². The quantitative estimate of drug-likeness (QED) is 0.508. The number of fused-ring (bicyclic) bond motifs is 1. The van der Waals surface area contributed by atoms with Crippen LogP contribution in [-0.4, -0.2) is 24.2 Å². The van der Waals surface area contributed by atoms with Gasteiger partial charge in [-0.3, -0.25) is 4.90 Å². The first-order valence-corrected chi connectivity index (χ1v) is 3.78. The first-order chi connectivity index (χ1) is 4.30. The van der Waals surface area contributed by atoms with Crippen LogP contribution in [0.3, 0.4) is 0 Å². The molecule has 2 aliphatic rings. The molecule has 2 fully saturated rings. The molecule has 2 N–H and O–H groups in total. The first-order valence-electron chi connectivity index (χ1n) is 3.78. The highest BCUT2D eigenvalue weighted by atomic mass is 15.3. The molecule has 0 amide bonds. The zero-order valence-electron chi connectivity index (χ0n) is 5.88. The lowest BCUT2D eigenvalue weighted by molar-refractivity contribution is -0.00902. The van der Waals surface area contributed by atoms with Crippen LogP contribution in [0.1, 0.15) is 19.3 Å². The third kappa shape index (κ3) is 0.578. The van der Waals surface area contributed by atoms with Crippen molar-refractivity contribution in [3.63, 3.8) is 0 Å². The molecular formula is C7H14N2. The Kier molecular flexibility index (Phi) is 1.08. The van der Waals surface area contributed by atoms with E-state index in [-0.39, 0.29) is 0 Å². The summed E-state index contributed by atoms with van der Waals surface area (Å²) in [6, 6.07) is 0.847. The lowest BCUT2D eigenvalue weighted by Gasteiger charge is -2.48. The maximum atomic E-state index is 5.83. The summed E-state index contributed by atoms with van der Waals surface area (Å²) < 4.78 is 0. The number of hydrogen-bond acceptors (Lipinski definition) is 2. The fraction of sp³-hybridized carbons (Fsp3) is 1.00. The molecule has 0 radical (unpaired) electrons. The van der Waals surface area contributed by atoms with E-state index >= 15 is 0 Å². The van der Waals surface area contributed by atoms with Gasteiger partial charge in [-0.15, -0.1) is 0 Å². The highest BCUT2D eigenvalue weighted by Crippen LogP contribution is 2.40. The van der Waals surface area contributed by atoms with Crippen LogP contribution in [0.25, 0.3) is 0 Å². The summed E-state index contributed by atoms with van der Waals surface area (Å²) in [6.45, 7) is 0. The van der Waals surface area contributed by atoms with Crippen molar-refractivity contribution < 1.29 is 0 Å². The number of nitrogens with zero attached hydrogens (tertiary/aromatic N) is 1. The third-order valence-corrected chi connectivity index (χ3v) is 2.96. The minimum atomic E-state index is 0.387. The number of rotatable bonds is 0. The van der Waals surface area contributed by atoms with Crippen LogP contribution >= 0.6 is 0 Å². The standard InChI is InChI=1S/C7H14N2/c1-9-6-4-2-3-5(6)7(9)8/h5-7H,2-4,8H2,1H3. The van der Waals surface area contributed by atoms with Crippen LogP contribution in [0.2, 0.25) is 0 Å². The second kappa shape index (κ2) is 1.70. The molecule has 0 aromatic rings. The van der Waals surface area contributed by atoms with Gasteiger partial charge in [-0.2, -0.15) is 0 Å². The van der Waals surface area contributed by atoms with Crippen molar-refractivity contribution in [2.24, 2.45) is 11.7 Å². The van der Waals surface area contributed by atoms with Crippen LogP contribution < -0.4 is 5.73 Å². The molecule has 0 spiro atoms. The minimum absolute atomic E-state index is 0.387. The molecule has 1 heterocycles. The van der Waals surface area contributed by atoms with Gasteiger partial charge in [-0.1, -0.05) is 6.42 Å². The molecule has 2 heteroatoms. The predicted molar refractivity (Wildman–Crippen MR) is 36.9 cm³/mol. The minimum Gasteiger partial charge on any atom is -0.315 e. The van der Waals surface area contributed by atoms with Crippen LogP contribution in [0, 0.1) is 5.92 Å². The maximum absolute atomic E-state index is 5.83. The Morgan fingerprint density at radius 3 is 2.89 bits per heavy atom. The Bertz CT molecular complexity index is 110. The number of nitrogens with two attached hydrogens (primary N) is 1. The molecule has 9 heavy (non-hydrogen) atoms. The monoisotopic (exact) mass is 126 g/mol. The average molecular weight is 126 g/mol. The fourth-order valence-corrected chi connectivity index (χ4v) is 2.29. The topological polar surface area (TPSA) is 29.3 Å². The number of hydrogen-bond donors (Lipinski definition) is 1. The summed E-state index contributed by atoms with van der Waals surface area (Å²) >= 11 is 0. The molecule has 1 saturated heterocycles. The van der Waals surface area contributed by atoms with Gasteiger partial charge in [0.1, 0.15) is 0 Å². The maximum Gasteiger partial charge on any atom is 0.0615 e. The van der Waals surface area contributed by atoms with E-state index in [1.807, 2.05) is 0 Å². The Morgan fingerprint density at radius 1 is 1.44 bits per heavy atom. The van der Waals surface area contributed by atoms with Crippen molar-refractivity contribution in [1.82, 2.24) is 4.90 Å². The average Bonchev–Trinajstić information content (AvgIpc) is 2.30. The molecule has 0 aromatic carbocycles. The smallest absolute Gasteiger partial charge is 0.0615 e. The van der Waals surface area contributed by atoms with Crippen LogP contribution in [0.4, 0.5) is 0 Å². The van der Waals surface area contributed by atoms with E-state index in [9.17, 15) is 0 Å². The van der Waals surface area contributed by atoms with Gasteiger partial charge in [0.25, 0.3) is 0 Å². The Morgan fingerprint density at radius 2 is 2.22 bits per heavy atom. The highest BCUT2D eigenvalue weighted by molar-refractivity contribution is 4.99. The van der Waals surface area contributed by atoms with Crippen molar-refractivity contribution in [2.75, 3.05) is 7.05 Å². The summed E-state index contributed by atoms with van der Waals surface area (Å²) in [5.41, 5.74) is 5.83. The Balaban J connectivity index is 2.06. The lowest BCUT2D eigenvalue weighted by atomic mass is 9.89. The van der Waals surface area contributed by atoms with Crippen molar-refractivity contribution in [1.29, 1.82) is 0 Å². The summed E-state index contributed by atoms with van der Waals surface area (Å²) in [5, 5.41) is 0. The molecule has 1 aliphatic heterocycles. The van der Waals surface area contributed by atoms with E-state index < -0.39 is 0 Å². The summed E-state index contributed by atoms with van der Waals surface area (Å²) in [7, 11) is 2.14. The van der Waals surface area contributed by atoms with Gasteiger partial charge in [-0.25, -0.2) is 0 Å². The zero-order chi connectivity index (χ0) is 6.43.